The topological polar surface area (TPSA) is 108 Å². The van der Waals surface area contributed by atoms with E-state index in [1.165, 1.54) is 43.3 Å². The Bertz CT molecular complexity index is 983. The molecule has 0 saturated carbocycles. The fraction of sp³-hybridized carbons (Fsp3) is 0.222. The van der Waals surface area contributed by atoms with E-state index in [-0.39, 0.29) is 12.4 Å². The van der Waals surface area contributed by atoms with E-state index in [1.807, 2.05) is 0 Å². The van der Waals surface area contributed by atoms with Gasteiger partial charge in [0.25, 0.3) is 0 Å². The summed E-state index contributed by atoms with van der Waals surface area (Å²) in [6, 6.07) is 10.5. The van der Waals surface area contributed by atoms with Crippen molar-refractivity contribution in [3.8, 4) is 11.5 Å². The van der Waals surface area contributed by atoms with Crippen molar-refractivity contribution in [2.24, 2.45) is 0 Å². The first kappa shape index (κ1) is 18.7. The predicted molar refractivity (Wildman–Crippen MR) is 96.7 cm³/mol. The predicted octanol–water partition coefficient (Wildman–Crippen LogP) is 2.21. The van der Waals surface area contributed by atoms with Gasteiger partial charge in [-0.15, -0.1) is 0 Å². The van der Waals surface area contributed by atoms with Gasteiger partial charge in [0.1, 0.15) is 0 Å². The second-order valence-electron chi connectivity index (χ2n) is 5.93. The number of benzene rings is 2. The van der Waals surface area contributed by atoms with Crippen LogP contribution in [-0.4, -0.2) is 39.3 Å². The molecule has 1 aliphatic heterocycles. The van der Waals surface area contributed by atoms with Crippen molar-refractivity contribution < 1.29 is 32.2 Å². The molecule has 2 aromatic carbocycles. The summed E-state index contributed by atoms with van der Waals surface area (Å²) in [5, 5.41) is 0. The largest absolute Gasteiger partial charge is 0.454 e. The molecule has 0 unspecified atom stereocenters. The summed E-state index contributed by atoms with van der Waals surface area (Å²) in [7, 11) is -3.40. The maximum atomic E-state index is 12.4. The Hall–Kier alpha value is -3.07. The van der Waals surface area contributed by atoms with Crippen LogP contribution in [0, 0.1) is 0 Å². The number of sulfonamides is 1. The molecule has 142 valence electrons. The Morgan fingerprint density at radius 1 is 1.04 bits per heavy atom. The van der Waals surface area contributed by atoms with Gasteiger partial charge in [-0.25, -0.2) is 13.2 Å². The van der Waals surface area contributed by atoms with Crippen molar-refractivity contribution >= 4 is 27.5 Å². The van der Waals surface area contributed by atoms with Crippen LogP contribution in [0.4, 0.5) is 5.69 Å². The summed E-state index contributed by atoms with van der Waals surface area (Å²) >= 11 is 0. The van der Waals surface area contributed by atoms with E-state index in [1.54, 1.807) is 6.07 Å². The van der Waals surface area contributed by atoms with Crippen molar-refractivity contribution in [3.63, 3.8) is 0 Å². The Labute approximate surface area is 156 Å². The molecule has 2 aromatic rings. The third-order valence-corrected chi connectivity index (χ3v) is 4.34. The van der Waals surface area contributed by atoms with Crippen LogP contribution in [0.25, 0.3) is 0 Å². The Kier molecular flexibility index (Phi) is 5.04. The molecular weight excluding hydrogens is 374 g/mol. The number of Topliss-reactive ketones (excluding diaryl/α,β-unsaturated/α-hetero) is 1. The lowest BCUT2D eigenvalue weighted by Crippen LogP contribution is -2.24. The maximum Gasteiger partial charge on any atom is 0.338 e. The highest BCUT2D eigenvalue weighted by Crippen LogP contribution is 2.32. The molecule has 9 heteroatoms. The molecule has 8 nitrogen and oxygen atoms in total. The molecule has 0 saturated heterocycles. The molecule has 0 amide bonds. The number of carbonyl (C=O) groups is 2. The molecular formula is C18H17NO7S. The summed E-state index contributed by atoms with van der Waals surface area (Å²) in [6.07, 6.45) is 0.0145. The number of esters is 1. The number of anilines is 1. The van der Waals surface area contributed by atoms with Gasteiger partial charge in [0.15, 0.2) is 17.6 Å². The summed E-state index contributed by atoms with van der Waals surface area (Å²) in [4.78, 5) is 24.7. The second kappa shape index (κ2) is 7.28. The SMILES string of the molecule is C[C@@H](OC(=O)c1ccc2c(c1)OCO2)C(=O)c1ccc(NS(C)(=O)=O)cc1. The lowest BCUT2D eigenvalue weighted by Gasteiger charge is -2.13. The number of ketones is 1. The smallest absolute Gasteiger partial charge is 0.338 e. The average molecular weight is 391 g/mol. The average Bonchev–Trinajstić information content (AvgIpc) is 3.08. The van der Waals surface area contributed by atoms with Gasteiger partial charge in [0.2, 0.25) is 22.6 Å². The Balaban J connectivity index is 1.65. The van der Waals surface area contributed by atoms with Gasteiger partial charge < -0.3 is 14.2 Å². The number of hydrogen-bond acceptors (Lipinski definition) is 7. The Morgan fingerprint density at radius 2 is 1.67 bits per heavy atom. The van der Waals surface area contributed by atoms with Crippen LogP contribution in [0.5, 0.6) is 11.5 Å². The molecule has 0 bridgehead atoms. The van der Waals surface area contributed by atoms with Crippen LogP contribution in [-0.2, 0) is 14.8 Å². The minimum atomic E-state index is -3.40. The molecule has 1 heterocycles. The van der Waals surface area contributed by atoms with Crippen molar-refractivity contribution in [1.29, 1.82) is 0 Å². The van der Waals surface area contributed by atoms with Gasteiger partial charge in [0.05, 0.1) is 11.8 Å². The molecule has 1 atom stereocenters. The van der Waals surface area contributed by atoms with Gasteiger partial charge in [0, 0.05) is 11.3 Å². The lowest BCUT2D eigenvalue weighted by atomic mass is 10.1. The molecule has 0 radical (unpaired) electrons. The zero-order valence-electron chi connectivity index (χ0n) is 14.6. The summed E-state index contributed by atoms with van der Waals surface area (Å²) < 4.78 is 40.3. The van der Waals surface area contributed by atoms with Gasteiger partial charge in [-0.1, -0.05) is 0 Å². The standard InChI is InChI=1S/C18H17NO7S/c1-11(17(20)12-3-6-14(7-4-12)19-27(2,22)23)26-18(21)13-5-8-15-16(9-13)25-10-24-15/h3-9,11,19H,10H2,1-2H3/t11-/m1/s1. The van der Waals surface area contributed by atoms with Gasteiger partial charge in [-0.05, 0) is 49.4 Å². The highest BCUT2D eigenvalue weighted by molar-refractivity contribution is 7.92. The number of ether oxygens (including phenoxy) is 3. The van der Waals surface area contributed by atoms with Crippen LogP contribution in [0.1, 0.15) is 27.6 Å². The minimum absolute atomic E-state index is 0.0902. The van der Waals surface area contributed by atoms with E-state index in [0.29, 0.717) is 22.7 Å². The van der Waals surface area contributed by atoms with E-state index < -0.39 is 27.9 Å². The summed E-state index contributed by atoms with van der Waals surface area (Å²) in [6.45, 7) is 1.56. The molecule has 3 rings (SSSR count). The summed E-state index contributed by atoms with van der Waals surface area (Å²) in [5.41, 5.74) is 0.866. The summed E-state index contributed by atoms with van der Waals surface area (Å²) in [5.74, 6) is -0.0876. The molecule has 0 spiro atoms. The molecule has 1 N–H and O–H groups in total. The first-order valence-corrected chi connectivity index (χ1v) is 9.85. The van der Waals surface area contributed by atoms with Crippen molar-refractivity contribution in [2.75, 3.05) is 17.8 Å². The first-order chi connectivity index (χ1) is 12.7. The van der Waals surface area contributed by atoms with Crippen molar-refractivity contribution in [2.45, 2.75) is 13.0 Å². The Morgan fingerprint density at radius 3 is 2.33 bits per heavy atom. The number of nitrogens with one attached hydrogen (secondary N) is 1. The van der Waals surface area contributed by atoms with Crippen LogP contribution in [0.2, 0.25) is 0 Å². The van der Waals surface area contributed by atoms with Gasteiger partial charge >= 0.3 is 5.97 Å². The van der Waals surface area contributed by atoms with Crippen LogP contribution < -0.4 is 14.2 Å². The van der Waals surface area contributed by atoms with Crippen molar-refractivity contribution in [1.82, 2.24) is 0 Å². The third kappa shape index (κ3) is 4.56. The second-order valence-corrected chi connectivity index (χ2v) is 7.68. The molecule has 1 aliphatic rings. The zero-order valence-corrected chi connectivity index (χ0v) is 15.4. The van der Waals surface area contributed by atoms with Crippen LogP contribution >= 0.6 is 0 Å². The fourth-order valence-electron chi connectivity index (χ4n) is 2.46. The molecule has 27 heavy (non-hydrogen) atoms. The van der Waals surface area contributed by atoms with E-state index in [2.05, 4.69) is 4.72 Å². The van der Waals surface area contributed by atoms with Gasteiger partial charge in [-0.2, -0.15) is 0 Å². The third-order valence-electron chi connectivity index (χ3n) is 3.73. The highest BCUT2D eigenvalue weighted by atomic mass is 32.2. The molecule has 0 fully saturated rings. The number of fused-ring (bicyclic) bond motifs is 1. The minimum Gasteiger partial charge on any atom is -0.454 e. The normalized spacial score (nSPS) is 13.7. The van der Waals surface area contributed by atoms with E-state index in [0.717, 1.165) is 6.26 Å². The first-order valence-electron chi connectivity index (χ1n) is 7.95. The van der Waals surface area contributed by atoms with Gasteiger partial charge in [-0.3, -0.25) is 9.52 Å². The number of carbonyl (C=O) groups excluding carboxylic acids is 2. The zero-order chi connectivity index (χ0) is 19.6. The number of rotatable bonds is 6. The number of hydrogen-bond donors (Lipinski definition) is 1. The van der Waals surface area contributed by atoms with Crippen LogP contribution in [0.3, 0.4) is 0 Å². The van der Waals surface area contributed by atoms with E-state index in [4.69, 9.17) is 14.2 Å². The highest BCUT2D eigenvalue weighted by Gasteiger charge is 2.22. The fourth-order valence-corrected chi connectivity index (χ4v) is 3.02. The van der Waals surface area contributed by atoms with E-state index >= 15 is 0 Å². The lowest BCUT2D eigenvalue weighted by molar-refractivity contribution is 0.0318. The van der Waals surface area contributed by atoms with Crippen LogP contribution in [0.15, 0.2) is 42.5 Å². The maximum absolute atomic E-state index is 12.4. The molecule has 0 aliphatic carbocycles. The van der Waals surface area contributed by atoms with Crippen molar-refractivity contribution in [3.05, 3.63) is 53.6 Å². The molecule has 0 aromatic heterocycles. The quantitative estimate of drug-likeness (QED) is 0.594. The monoisotopic (exact) mass is 391 g/mol. The van der Waals surface area contributed by atoms with E-state index in [9.17, 15) is 18.0 Å².